The van der Waals surface area contributed by atoms with Gasteiger partial charge in [0.2, 0.25) is 0 Å². The molecule has 0 fully saturated rings. The molecule has 0 saturated heterocycles. The number of aromatic nitrogens is 2. The number of fused-ring (bicyclic) bond motifs is 4. The molecule has 8 aromatic carbocycles. The van der Waals surface area contributed by atoms with E-state index < -0.39 is 67.3 Å². The number of ether oxygens (including phenoxy) is 1. The minimum Gasteiger partial charge on any atom is -0.509 e. The quantitative estimate of drug-likeness (QED) is 0.142. The summed E-state index contributed by atoms with van der Waals surface area (Å²) in [6.45, 7) is -0.712. The molecule has 0 aliphatic carbocycles. The van der Waals surface area contributed by atoms with Crippen LogP contribution in [0.4, 0.5) is 22.7 Å². The molecule has 0 atom stereocenters. The third kappa shape index (κ3) is 6.87. The van der Waals surface area contributed by atoms with Crippen LogP contribution in [0, 0.1) is 25.7 Å². The van der Waals surface area contributed by atoms with Gasteiger partial charge in [-0.2, -0.15) is 12.1 Å². The van der Waals surface area contributed by atoms with Crippen molar-refractivity contribution >= 4 is 44.6 Å². The van der Waals surface area contributed by atoms with Crippen molar-refractivity contribution in [2.24, 2.45) is 0 Å². The van der Waals surface area contributed by atoms with Crippen molar-refractivity contribution in [1.29, 1.82) is 0 Å². The van der Waals surface area contributed by atoms with Crippen LogP contribution in [0.5, 0.6) is 11.5 Å². The molecule has 0 spiro atoms. The second-order valence-corrected chi connectivity index (χ2v) is 13.9. The number of hydrogen-bond donors (Lipinski definition) is 0. The first-order valence-corrected chi connectivity index (χ1v) is 19.1. The van der Waals surface area contributed by atoms with Gasteiger partial charge in [-0.05, 0) is 64.3 Å². The molecule has 0 unspecified atom stereocenters. The van der Waals surface area contributed by atoms with Crippen LogP contribution in [0.25, 0.3) is 61.0 Å². The van der Waals surface area contributed by atoms with Crippen molar-refractivity contribution in [3.8, 4) is 50.7 Å². The first kappa shape index (κ1) is 26.1. The van der Waals surface area contributed by atoms with E-state index in [2.05, 4.69) is 12.1 Å². The predicted molar refractivity (Wildman–Crippen MR) is 245 cm³/mol. The third-order valence-electron chi connectivity index (χ3n) is 10.4. The number of nitrogens with zero attached hydrogens (tertiary/aromatic N) is 4. The van der Waals surface area contributed by atoms with Gasteiger partial charge in [0, 0.05) is 76.6 Å². The van der Waals surface area contributed by atoms with E-state index in [4.69, 9.17) is 27.5 Å². The molecule has 3 heterocycles. The molecule has 0 saturated carbocycles. The van der Waals surface area contributed by atoms with E-state index in [0.29, 0.717) is 45.5 Å². The smallest absolute Gasteiger partial charge is 0.136 e. The summed E-state index contributed by atoms with van der Waals surface area (Å²) >= 11 is 0. The second-order valence-electron chi connectivity index (χ2n) is 13.9. The van der Waals surface area contributed by atoms with E-state index in [0.717, 1.165) is 21.9 Å². The molecule has 1 aliphatic heterocycles. The van der Waals surface area contributed by atoms with Crippen LogP contribution >= 0.6 is 0 Å². The van der Waals surface area contributed by atoms with Crippen molar-refractivity contribution in [2.75, 3.05) is 9.80 Å². The number of aryl methyl sites for hydroxylation is 1. The first-order chi connectivity index (χ1) is 35.0. The Labute approximate surface area is 388 Å². The van der Waals surface area contributed by atoms with E-state index in [1.54, 1.807) is 60.1 Å². The Morgan fingerprint density at radius 2 is 1.25 bits per heavy atom. The Morgan fingerprint density at radius 3 is 1.98 bits per heavy atom. The Kier molecular flexibility index (Phi) is 6.89. The van der Waals surface area contributed by atoms with Crippen LogP contribution in [-0.2, 0) is 21.1 Å². The Bertz CT molecular complexity index is 3760. The third-order valence-corrected chi connectivity index (χ3v) is 10.4. The van der Waals surface area contributed by atoms with Gasteiger partial charge in [0.15, 0.2) is 0 Å². The maximum Gasteiger partial charge on any atom is 0.136 e. The summed E-state index contributed by atoms with van der Waals surface area (Å²) in [5.41, 5.74) is 4.72. The van der Waals surface area contributed by atoms with Crippen molar-refractivity contribution in [1.82, 2.24) is 9.55 Å². The standard InChI is InChI=1S/C55H37N4O.Pt/c1-38-36-56-54(35-49(38)41-21-9-4-10-22-41)59-50-28-12-11-25-47(50)48-32-31-44(34-53(48)59)60-43-24-15-23-42(33-43)57-37-58(52-30-14-13-29-51(52)57)55-45(39-17-5-2-6-18-39)26-16-27-46(55)40-19-7-3-8-20-40;/h2-32,35-37H,1H3;/q-3;/i1D3,2D,3D,5D,6D,7D,8D,17D,18D,19D,20D;. The molecule has 296 valence electrons. The first-order valence-electron chi connectivity index (χ1n) is 25.6. The van der Waals surface area contributed by atoms with E-state index in [1.165, 1.54) is 6.20 Å². The molecule has 0 bridgehead atoms. The number of hydrogen-bond acceptors (Lipinski definition) is 4. The average molecular weight is 978 g/mol. The summed E-state index contributed by atoms with van der Waals surface area (Å²) in [4.78, 5) is 8.24. The molecule has 0 radical (unpaired) electrons. The fourth-order valence-electron chi connectivity index (χ4n) is 7.81. The van der Waals surface area contributed by atoms with Gasteiger partial charge in [-0.25, -0.2) is 4.98 Å². The number of anilines is 4. The van der Waals surface area contributed by atoms with Gasteiger partial charge >= 0.3 is 0 Å². The minimum absolute atomic E-state index is 0. The molecule has 10 aromatic rings. The number of para-hydroxylation sites is 4. The van der Waals surface area contributed by atoms with Crippen LogP contribution in [0.1, 0.15) is 23.4 Å². The molecule has 61 heavy (non-hydrogen) atoms. The van der Waals surface area contributed by atoms with Crippen LogP contribution in [0.2, 0.25) is 0 Å². The molecule has 2 aromatic heterocycles. The zero-order valence-corrected chi connectivity index (χ0v) is 34.1. The molecule has 0 N–H and O–H groups in total. The van der Waals surface area contributed by atoms with Crippen LogP contribution in [-0.4, -0.2) is 9.55 Å². The van der Waals surface area contributed by atoms with Crippen molar-refractivity contribution in [3.63, 3.8) is 0 Å². The van der Waals surface area contributed by atoms with Crippen molar-refractivity contribution in [2.45, 2.75) is 6.85 Å². The van der Waals surface area contributed by atoms with E-state index >= 15 is 0 Å². The van der Waals surface area contributed by atoms with Crippen molar-refractivity contribution in [3.05, 3.63) is 224 Å². The van der Waals surface area contributed by atoms with Gasteiger partial charge in [0.25, 0.3) is 0 Å². The van der Waals surface area contributed by atoms with E-state index in [9.17, 15) is 0 Å². The van der Waals surface area contributed by atoms with E-state index in [1.807, 2.05) is 94.4 Å². The van der Waals surface area contributed by atoms with Gasteiger partial charge < -0.3 is 19.1 Å². The molecule has 11 rings (SSSR count). The number of pyridine rings is 1. The van der Waals surface area contributed by atoms with Crippen LogP contribution in [0.3, 0.4) is 0 Å². The average Bonchev–Trinajstić information content (AvgIpc) is 3.94. The molecule has 1 aliphatic rings. The second kappa shape index (κ2) is 16.1. The molecular formula is C55H37N4OPt-3. The molecular weight excluding hydrogens is 928 g/mol. The summed E-state index contributed by atoms with van der Waals surface area (Å²) in [5.74, 6) is 1.14. The fraction of sp³-hybridized carbons (Fsp3) is 0.0182. The predicted octanol–water partition coefficient (Wildman–Crippen LogP) is 14.3. The van der Waals surface area contributed by atoms with Crippen LogP contribution < -0.4 is 14.5 Å². The van der Waals surface area contributed by atoms with Gasteiger partial charge in [0.05, 0.1) is 13.7 Å². The van der Waals surface area contributed by atoms with E-state index in [-0.39, 0.29) is 54.6 Å². The van der Waals surface area contributed by atoms with Crippen LogP contribution in [0.15, 0.2) is 200 Å². The Balaban J connectivity index is 0.00000626. The normalized spacial score (nSPS) is 15.3. The number of benzene rings is 8. The largest absolute Gasteiger partial charge is 0.509 e. The fourth-order valence-corrected chi connectivity index (χ4v) is 7.81. The summed E-state index contributed by atoms with van der Waals surface area (Å²) in [6, 6.07) is 41.5. The summed E-state index contributed by atoms with van der Waals surface area (Å²) in [6.07, 6.45) is 1.41. The Morgan fingerprint density at radius 1 is 0.590 bits per heavy atom. The minimum atomic E-state index is -2.42. The van der Waals surface area contributed by atoms with Gasteiger partial charge in [0.1, 0.15) is 5.82 Å². The maximum absolute atomic E-state index is 9.01. The number of rotatable bonds is 8. The van der Waals surface area contributed by atoms with Gasteiger partial charge in [-0.1, -0.05) is 145 Å². The van der Waals surface area contributed by atoms with Gasteiger partial charge in [-0.3, -0.25) is 0 Å². The maximum atomic E-state index is 9.01. The SMILES string of the molecule is [2H]c1c([2H])c([2H])c(-c2cccc(-c3c([2H])c([2H])c([2H])c([2H])c3[2H])c2N2[CH-]N(c3[c-]c(Oc4[c-]c5c(cc4)c4ccccc4n5-c4cc(-c5ccccc5)c(C([2H])([2H])[2H])cn4)ccc3)c3ccccc32)c([2H])c1[2H].[Pt]. The summed E-state index contributed by atoms with van der Waals surface area (Å²) < 4.78 is 120. The molecule has 5 nitrogen and oxygen atoms in total. The topological polar surface area (TPSA) is 33.5 Å². The molecule has 0 amide bonds. The van der Waals surface area contributed by atoms with Gasteiger partial charge in [-0.15, -0.1) is 48.1 Å². The monoisotopic (exact) mass is 977 g/mol. The van der Waals surface area contributed by atoms with Crippen molar-refractivity contribution < 1.29 is 43.6 Å². The zero-order chi connectivity index (χ0) is 51.2. The Hall–Kier alpha value is -7.20. The summed E-state index contributed by atoms with van der Waals surface area (Å²) in [5, 5.41) is 1.78. The molecule has 6 heteroatoms. The summed E-state index contributed by atoms with van der Waals surface area (Å²) in [7, 11) is 0. The zero-order valence-electron chi connectivity index (χ0n) is 44.9.